The van der Waals surface area contributed by atoms with E-state index in [9.17, 15) is 9.59 Å². The van der Waals surface area contributed by atoms with Crippen LogP contribution in [0.2, 0.25) is 0 Å². The fourth-order valence-electron chi connectivity index (χ4n) is 6.83. The average Bonchev–Trinajstić information content (AvgIpc) is 3.16. The van der Waals surface area contributed by atoms with Crippen LogP contribution >= 0.6 is 0 Å². The highest BCUT2D eigenvalue weighted by Gasteiger charge is 2.64. The maximum absolute atomic E-state index is 13.9. The van der Waals surface area contributed by atoms with Gasteiger partial charge in [0.2, 0.25) is 5.91 Å². The first kappa shape index (κ1) is 25.0. The van der Waals surface area contributed by atoms with E-state index in [0.29, 0.717) is 31.3 Å². The highest BCUT2D eigenvalue weighted by atomic mass is 16.6. The molecule has 2 aromatic rings. The van der Waals surface area contributed by atoms with Gasteiger partial charge in [0.25, 0.3) is 0 Å². The molecule has 1 aliphatic carbocycles. The van der Waals surface area contributed by atoms with Crippen LogP contribution in [-0.4, -0.2) is 53.6 Å². The molecule has 0 aromatic heterocycles. The van der Waals surface area contributed by atoms with Crippen LogP contribution < -0.4 is 10.6 Å². The Balaban J connectivity index is 1.37. The highest BCUT2D eigenvalue weighted by molar-refractivity contribution is 5.87. The number of esters is 1. The molecule has 5 atom stereocenters. The van der Waals surface area contributed by atoms with Gasteiger partial charge in [-0.1, -0.05) is 60.7 Å². The van der Waals surface area contributed by atoms with E-state index in [-0.39, 0.29) is 23.8 Å². The fraction of sp³-hybridized carbons (Fsp3) is 0.533. The zero-order chi connectivity index (χ0) is 25.3. The van der Waals surface area contributed by atoms with E-state index in [1.165, 1.54) is 5.56 Å². The Kier molecular flexibility index (Phi) is 6.92. The Hall–Kier alpha value is -2.70. The van der Waals surface area contributed by atoms with E-state index in [1.54, 1.807) is 0 Å². The van der Waals surface area contributed by atoms with Crippen molar-refractivity contribution in [3.8, 4) is 0 Å². The van der Waals surface area contributed by atoms with E-state index in [0.717, 1.165) is 31.5 Å². The zero-order valence-electron chi connectivity index (χ0n) is 21.7. The molecular formula is C30H39N3O3. The Morgan fingerprint density at radius 3 is 2.39 bits per heavy atom. The van der Waals surface area contributed by atoms with E-state index in [2.05, 4.69) is 39.8 Å². The summed E-state index contributed by atoms with van der Waals surface area (Å²) in [5.41, 5.74) is 1.28. The summed E-state index contributed by atoms with van der Waals surface area (Å²) in [6.07, 6.45) is 2.06. The summed E-state index contributed by atoms with van der Waals surface area (Å²) in [5.74, 6) is 1.05. The van der Waals surface area contributed by atoms with E-state index in [4.69, 9.17) is 4.74 Å². The number of hydrogen-bond donors (Lipinski definition) is 2. The first-order chi connectivity index (χ1) is 17.2. The van der Waals surface area contributed by atoms with Crippen molar-refractivity contribution >= 4 is 11.9 Å². The second-order valence-corrected chi connectivity index (χ2v) is 11.8. The van der Waals surface area contributed by atoms with Crippen molar-refractivity contribution in [1.82, 2.24) is 15.5 Å². The van der Waals surface area contributed by atoms with Crippen molar-refractivity contribution in [2.24, 2.45) is 17.8 Å². The number of amides is 1. The minimum atomic E-state index is -0.602. The molecule has 6 heteroatoms. The highest BCUT2D eigenvalue weighted by Crippen LogP contribution is 2.52. The van der Waals surface area contributed by atoms with Gasteiger partial charge in [-0.2, -0.15) is 0 Å². The lowest BCUT2D eigenvalue weighted by molar-refractivity contribution is -0.155. The molecule has 0 unspecified atom stereocenters. The monoisotopic (exact) mass is 489 g/mol. The number of carbonyl (C=O) groups is 2. The van der Waals surface area contributed by atoms with Gasteiger partial charge < -0.3 is 15.4 Å². The molecule has 3 aliphatic heterocycles. The van der Waals surface area contributed by atoms with Crippen LogP contribution in [0.4, 0.5) is 0 Å². The number of hydrogen-bond acceptors (Lipinski definition) is 5. The number of likely N-dealkylation sites (tertiary alicyclic amines) is 1. The van der Waals surface area contributed by atoms with Gasteiger partial charge in [0.05, 0.1) is 6.42 Å². The van der Waals surface area contributed by atoms with E-state index >= 15 is 0 Å². The van der Waals surface area contributed by atoms with Crippen molar-refractivity contribution in [3.63, 3.8) is 0 Å². The van der Waals surface area contributed by atoms with Gasteiger partial charge in [0.1, 0.15) is 11.1 Å². The minimum Gasteiger partial charge on any atom is -0.460 e. The Morgan fingerprint density at radius 1 is 1.06 bits per heavy atom. The van der Waals surface area contributed by atoms with Gasteiger partial charge in [0, 0.05) is 38.1 Å². The number of rotatable bonds is 8. The standard InChI is InChI=1S/C30H39N3O3/c1-29(2,3)36-26(34)14-15-33-20-23-17-30(28(35)31-18-22-12-8-5-9-13-22)25(27(33)24(23)19-32-30)16-21-10-6-4-7-11-21/h4-13,23-25,27,32H,14-20H2,1-3H3,(H,31,35)/t23-,24-,25+,27-,30+/m1/s1. The van der Waals surface area contributed by atoms with Crippen LogP contribution in [-0.2, 0) is 27.3 Å². The first-order valence-corrected chi connectivity index (χ1v) is 13.3. The SMILES string of the molecule is CC(C)(C)OC(=O)CCN1C[C@H]2C[C@]3(C(=O)NCc4ccccc4)NC[C@H]2[C@@H]1[C@@H]3Cc1ccccc1. The largest absolute Gasteiger partial charge is 0.460 e. The van der Waals surface area contributed by atoms with Gasteiger partial charge in [-0.3, -0.25) is 14.5 Å². The van der Waals surface area contributed by atoms with Crippen LogP contribution in [0, 0.1) is 17.8 Å². The predicted octanol–water partition coefficient (Wildman–Crippen LogP) is 3.56. The quantitative estimate of drug-likeness (QED) is 0.555. The molecule has 1 saturated carbocycles. The number of nitrogens with zero attached hydrogens (tertiary/aromatic N) is 1. The maximum Gasteiger partial charge on any atom is 0.307 e. The van der Waals surface area contributed by atoms with Crippen molar-refractivity contribution in [3.05, 3.63) is 71.8 Å². The molecular weight excluding hydrogens is 450 g/mol. The van der Waals surface area contributed by atoms with Crippen LogP contribution in [0.3, 0.4) is 0 Å². The lowest BCUT2D eigenvalue weighted by Gasteiger charge is -2.56. The van der Waals surface area contributed by atoms with Crippen LogP contribution in [0.15, 0.2) is 60.7 Å². The summed E-state index contributed by atoms with van der Waals surface area (Å²) in [4.78, 5) is 28.9. The number of benzene rings is 2. The third-order valence-corrected chi connectivity index (χ3v) is 8.24. The predicted molar refractivity (Wildman–Crippen MR) is 140 cm³/mol. The summed E-state index contributed by atoms with van der Waals surface area (Å²) in [6, 6.07) is 20.9. The fourth-order valence-corrected chi connectivity index (χ4v) is 6.83. The lowest BCUT2D eigenvalue weighted by Crippen LogP contribution is -2.74. The summed E-state index contributed by atoms with van der Waals surface area (Å²) in [5, 5.41) is 6.99. The molecule has 4 aliphatic rings. The third kappa shape index (κ3) is 5.07. The number of piperidine rings is 2. The number of nitrogens with one attached hydrogen (secondary N) is 2. The topological polar surface area (TPSA) is 70.7 Å². The van der Waals surface area contributed by atoms with Crippen molar-refractivity contribution in [2.75, 3.05) is 19.6 Å². The molecule has 3 heterocycles. The molecule has 192 valence electrons. The number of carbonyl (C=O) groups excluding carboxylic acids is 2. The Morgan fingerprint density at radius 2 is 1.72 bits per heavy atom. The van der Waals surface area contributed by atoms with Gasteiger partial charge in [0.15, 0.2) is 0 Å². The molecule has 6 rings (SSSR count). The van der Waals surface area contributed by atoms with Gasteiger partial charge in [-0.15, -0.1) is 0 Å². The molecule has 2 N–H and O–H groups in total. The van der Waals surface area contributed by atoms with E-state index in [1.807, 2.05) is 57.2 Å². The normalized spacial score (nSPS) is 29.2. The van der Waals surface area contributed by atoms with Crippen molar-refractivity contribution in [2.45, 2.75) is 63.8 Å². The zero-order valence-corrected chi connectivity index (χ0v) is 21.7. The molecule has 6 nitrogen and oxygen atoms in total. The van der Waals surface area contributed by atoms with Crippen LogP contribution in [0.1, 0.15) is 44.7 Å². The molecule has 36 heavy (non-hydrogen) atoms. The summed E-state index contributed by atoms with van der Waals surface area (Å²) >= 11 is 0. The molecule has 4 bridgehead atoms. The average molecular weight is 490 g/mol. The molecule has 4 fully saturated rings. The lowest BCUT2D eigenvalue weighted by atomic mass is 9.58. The first-order valence-electron chi connectivity index (χ1n) is 13.3. The second-order valence-electron chi connectivity index (χ2n) is 11.8. The van der Waals surface area contributed by atoms with Gasteiger partial charge in [-0.05, 0) is 56.6 Å². The van der Waals surface area contributed by atoms with Gasteiger partial charge in [-0.25, -0.2) is 0 Å². The Labute approximate surface area is 214 Å². The second kappa shape index (κ2) is 9.98. The van der Waals surface area contributed by atoms with Crippen LogP contribution in [0.5, 0.6) is 0 Å². The smallest absolute Gasteiger partial charge is 0.307 e. The third-order valence-electron chi connectivity index (χ3n) is 8.24. The van der Waals surface area contributed by atoms with Crippen molar-refractivity contribution < 1.29 is 14.3 Å². The number of ether oxygens (including phenoxy) is 1. The summed E-state index contributed by atoms with van der Waals surface area (Å²) in [6.45, 7) is 8.73. The molecule has 0 spiro atoms. The van der Waals surface area contributed by atoms with Gasteiger partial charge >= 0.3 is 5.97 Å². The Bertz CT molecular complexity index is 1070. The number of fused-ring (bicyclic) bond motifs is 1. The summed E-state index contributed by atoms with van der Waals surface area (Å²) in [7, 11) is 0. The molecule has 3 saturated heterocycles. The summed E-state index contributed by atoms with van der Waals surface area (Å²) < 4.78 is 5.58. The molecule has 1 amide bonds. The van der Waals surface area contributed by atoms with Crippen LogP contribution in [0.25, 0.3) is 0 Å². The molecule has 0 radical (unpaired) electrons. The molecule has 2 aromatic carbocycles. The maximum atomic E-state index is 13.9. The van der Waals surface area contributed by atoms with Crippen molar-refractivity contribution in [1.29, 1.82) is 0 Å². The minimum absolute atomic E-state index is 0.106. The van der Waals surface area contributed by atoms with E-state index < -0.39 is 11.1 Å².